The number of halogens is 1. The number of fused-ring (bicyclic) bond motifs is 2. The summed E-state index contributed by atoms with van der Waals surface area (Å²) in [7, 11) is 2.18. The number of aliphatic carboxylic acids is 2. The van der Waals surface area contributed by atoms with E-state index in [1.807, 2.05) is 6.20 Å². The van der Waals surface area contributed by atoms with Crippen molar-refractivity contribution in [2.24, 2.45) is 5.92 Å². The van der Waals surface area contributed by atoms with Gasteiger partial charge in [-0.2, -0.15) is 0 Å². The van der Waals surface area contributed by atoms with E-state index in [4.69, 9.17) is 29.5 Å². The first-order valence-electron chi connectivity index (χ1n) is 12.5. The van der Waals surface area contributed by atoms with E-state index in [2.05, 4.69) is 16.5 Å². The predicted molar refractivity (Wildman–Crippen MR) is 130 cm³/mol. The Morgan fingerprint density at radius 1 is 1.16 bits per heavy atom. The van der Waals surface area contributed by atoms with Crippen LogP contribution in [0.3, 0.4) is 0 Å². The molecule has 0 radical (unpaired) electrons. The second kappa shape index (κ2) is 11.0. The number of piperidine rings is 1. The summed E-state index contributed by atoms with van der Waals surface area (Å²) in [6.45, 7) is 6.38. The lowest BCUT2D eigenvalue weighted by atomic mass is 9.88. The third-order valence-corrected chi connectivity index (χ3v) is 7.21. The summed E-state index contributed by atoms with van der Waals surface area (Å²) >= 11 is 0. The number of aromatic nitrogens is 2. The minimum absolute atomic E-state index is 0.186. The zero-order valence-electron chi connectivity index (χ0n) is 21.2. The van der Waals surface area contributed by atoms with Crippen LogP contribution in [-0.4, -0.2) is 80.7 Å². The molecule has 200 valence electrons. The van der Waals surface area contributed by atoms with Gasteiger partial charge in [-0.15, -0.1) is 0 Å². The maximum atomic E-state index is 14.3. The lowest BCUT2D eigenvalue weighted by Crippen LogP contribution is -2.50. The summed E-state index contributed by atoms with van der Waals surface area (Å²) < 4.78 is 22.9. The number of amides is 1. The van der Waals surface area contributed by atoms with Gasteiger partial charge < -0.3 is 29.3 Å². The summed E-state index contributed by atoms with van der Waals surface area (Å²) in [5.41, 5.74) is 1.65. The molecule has 2 N–H and O–H groups in total. The molecule has 1 spiro atoms. The standard InChI is InChI=1S/C24H31FN4O2.C2H2O4/c1-17-4-3-5-20(25)21(17)22(30)28-10-8-24(9-11-28)23-26-14-19(29(23)12-13-31-24)16-27(2)15-18-6-7-18;3-1(4)2(5)6/h3-5,14,18H,6-13,15-16H2,1-2H3;(H,3,4)(H,5,6). The van der Waals surface area contributed by atoms with E-state index < -0.39 is 23.4 Å². The summed E-state index contributed by atoms with van der Waals surface area (Å²) in [5, 5.41) is 14.8. The van der Waals surface area contributed by atoms with Crippen LogP contribution in [0.2, 0.25) is 0 Å². The Bertz CT molecular complexity index is 1140. The second-order valence-corrected chi connectivity index (χ2v) is 10.0. The van der Waals surface area contributed by atoms with Crippen molar-refractivity contribution in [3.8, 4) is 0 Å². The van der Waals surface area contributed by atoms with Crippen LogP contribution in [-0.2, 0) is 33.0 Å². The van der Waals surface area contributed by atoms with Crippen LogP contribution in [0.1, 0.15) is 53.1 Å². The van der Waals surface area contributed by atoms with Crippen LogP contribution in [0, 0.1) is 18.7 Å². The third kappa shape index (κ3) is 5.99. The lowest BCUT2D eigenvalue weighted by Gasteiger charge is -2.43. The fraction of sp³-hybridized carbons (Fsp3) is 0.538. The molecule has 1 aliphatic carbocycles. The Labute approximate surface area is 214 Å². The van der Waals surface area contributed by atoms with Crippen LogP contribution >= 0.6 is 0 Å². The maximum absolute atomic E-state index is 14.3. The van der Waals surface area contributed by atoms with Gasteiger partial charge in [0.05, 0.1) is 17.9 Å². The molecule has 1 saturated heterocycles. The molecule has 11 heteroatoms. The molecule has 0 bridgehead atoms. The minimum atomic E-state index is -1.82. The molecule has 2 aromatic rings. The Morgan fingerprint density at radius 3 is 2.43 bits per heavy atom. The average Bonchev–Trinajstić information content (AvgIpc) is 3.57. The fourth-order valence-electron chi connectivity index (χ4n) is 5.13. The quantitative estimate of drug-likeness (QED) is 0.581. The number of carbonyl (C=O) groups is 3. The van der Waals surface area contributed by atoms with E-state index in [0.717, 1.165) is 31.4 Å². The van der Waals surface area contributed by atoms with Crippen LogP contribution in [0.5, 0.6) is 0 Å². The second-order valence-electron chi connectivity index (χ2n) is 10.0. The molecule has 2 fully saturated rings. The van der Waals surface area contributed by atoms with Gasteiger partial charge in [-0.1, -0.05) is 12.1 Å². The Kier molecular flexibility index (Phi) is 7.93. The molecule has 10 nitrogen and oxygen atoms in total. The van der Waals surface area contributed by atoms with Gasteiger partial charge in [0.2, 0.25) is 0 Å². The molecule has 1 aromatic heterocycles. The predicted octanol–water partition coefficient (Wildman–Crippen LogP) is 2.49. The summed E-state index contributed by atoms with van der Waals surface area (Å²) in [6, 6.07) is 4.78. The number of hydrogen-bond acceptors (Lipinski definition) is 6. The minimum Gasteiger partial charge on any atom is -0.473 e. The van der Waals surface area contributed by atoms with Crippen molar-refractivity contribution in [2.45, 2.75) is 51.3 Å². The van der Waals surface area contributed by atoms with Crippen molar-refractivity contribution in [3.05, 3.63) is 52.9 Å². The van der Waals surface area contributed by atoms with Crippen molar-refractivity contribution < 1.29 is 33.7 Å². The van der Waals surface area contributed by atoms with Crippen LogP contribution in [0.15, 0.2) is 24.4 Å². The van der Waals surface area contributed by atoms with Crippen LogP contribution in [0.4, 0.5) is 4.39 Å². The third-order valence-electron chi connectivity index (χ3n) is 7.21. The number of carboxylic acid groups (broad SMARTS) is 2. The van der Waals surface area contributed by atoms with E-state index in [0.29, 0.717) is 38.1 Å². The van der Waals surface area contributed by atoms with E-state index in [1.165, 1.54) is 24.6 Å². The van der Waals surface area contributed by atoms with Gasteiger partial charge in [0, 0.05) is 51.8 Å². The van der Waals surface area contributed by atoms with Crippen molar-refractivity contribution in [2.75, 3.05) is 33.3 Å². The molecule has 0 atom stereocenters. The highest BCUT2D eigenvalue weighted by Crippen LogP contribution is 2.39. The van der Waals surface area contributed by atoms with Gasteiger partial charge in [0.25, 0.3) is 5.91 Å². The van der Waals surface area contributed by atoms with E-state index in [1.54, 1.807) is 24.0 Å². The topological polar surface area (TPSA) is 125 Å². The molecule has 3 aliphatic rings. The zero-order valence-corrected chi connectivity index (χ0v) is 21.2. The van der Waals surface area contributed by atoms with Crippen LogP contribution in [0.25, 0.3) is 0 Å². The average molecular weight is 517 g/mol. The van der Waals surface area contributed by atoms with Gasteiger partial charge >= 0.3 is 11.9 Å². The highest BCUT2D eigenvalue weighted by atomic mass is 19.1. The number of rotatable bonds is 5. The molecule has 3 heterocycles. The zero-order chi connectivity index (χ0) is 26.7. The summed E-state index contributed by atoms with van der Waals surface area (Å²) in [5.74, 6) is -2.47. The highest BCUT2D eigenvalue weighted by molar-refractivity contribution is 6.27. The van der Waals surface area contributed by atoms with Gasteiger partial charge in [0.15, 0.2) is 0 Å². The first kappa shape index (κ1) is 26.7. The number of ether oxygens (including phenoxy) is 1. The molecule has 2 aliphatic heterocycles. The van der Waals surface area contributed by atoms with Crippen molar-refractivity contribution in [1.82, 2.24) is 19.4 Å². The fourth-order valence-corrected chi connectivity index (χ4v) is 5.13. The molecule has 1 aromatic carbocycles. The Hall–Kier alpha value is -3.31. The van der Waals surface area contributed by atoms with E-state index in [9.17, 15) is 9.18 Å². The smallest absolute Gasteiger partial charge is 0.414 e. The number of likely N-dealkylation sites (tertiary alicyclic amines) is 1. The normalized spacial score (nSPS) is 18.2. The van der Waals surface area contributed by atoms with Crippen molar-refractivity contribution in [3.63, 3.8) is 0 Å². The number of carboxylic acids is 2. The molecule has 0 unspecified atom stereocenters. The number of benzene rings is 1. The number of carbonyl (C=O) groups excluding carboxylic acids is 1. The van der Waals surface area contributed by atoms with E-state index >= 15 is 0 Å². The van der Waals surface area contributed by atoms with Crippen molar-refractivity contribution in [1.29, 1.82) is 0 Å². The molecular formula is C26H33FN4O6. The molecular weight excluding hydrogens is 483 g/mol. The highest BCUT2D eigenvalue weighted by Gasteiger charge is 2.44. The molecule has 5 rings (SSSR count). The molecule has 1 amide bonds. The Morgan fingerprint density at radius 2 is 1.84 bits per heavy atom. The van der Waals surface area contributed by atoms with Gasteiger partial charge in [-0.3, -0.25) is 4.79 Å². The van der Waals surface area contributed by atoms with Crippen LogP contribution < -0.4 is 0 Å². The lowest BCUT2D eigenvalue weighted by molar-refractivity contribution is -0.159. The molecule has 37 heavy (non-hydrogen) atoms. The number of hydrogen-bond donors (Lipinski definition) is 2. The summed E-state index contributed by atoms with van der Waals surface area (Å²) in [6.07, 6.45) is 6.07. The Balaban J connectivity index is 0.000000480. The molecule has 1 saturated carbocycles. The summed E-state index contributed by atoms with van der Waals surface area (Å²) in [4.78, 5) is 40.1. The first-order chi connectivity index (χ1) is 17.6. The van der Waals surface area contributed by atoms with Gasteiger partial charge in [0.1, 0.15) is 17.2 Å². The number of aryl methyl sites for hydroxylation is 1. The SMILES string of the molecule is Cc1cccc(F)c1C(=O)N1CCC2(CC1)OCCn1c(CN(C)CC3CC3)cnc12.O=C(O)C(=O)O. The maximum Gasteiger partial charge on any atom is 0.414 e. The van der Waals surface area contributed by atoms with Gasteiger partial charge in [-0.05, 0) is 44.4 Å². The largest absolute Gasteiger partial charge is 0.473 e. The number of imidazole rings is 1. The van der Waals surface area contributed by atoms with Crippen molar-refractivity contribution >= 4 is 17.8 Å². The van der Waals surface area contributed by atoms with Gasteiger partial charge in [-0.25, -0.2) is 19.0 Å². The monoisotopic (exact) mass is 516 g/mol. The van der Waals surface area contributed by atoms with E-state index in [-0.39, 0.29) is 11.5 Å². The first-order valence-corrected chi connectivity index (χ1v) is 12.5. The number of nitrogens with zero attached hydrogens (tertiary/aromatic N) is 4.